The van der Waals surface area contributed by atoms with E-state index >= 15 is 0 Å². The van der Waals surface area contributed by atoms with Crippen molar-refractivity contribution in [1.29, 1.82) is 0 Å². The summed E-state index contributed by atoms with van der Waals surface area (Å²) in [5.41, 5.74) is 2.42. The second-order valence-corrected chi connectivity index (χ2v) is 7.44. The molecule has 2 aromatic rings. The lowest BCUT2D eigenvalue weighted by molar-refractivity contribution is -0.123. The minimum atomic E-state index is -0.381. The molecule has 0 unspecified atom stereocenters. The number of anilines is 3. The van der Waals surface area contributed by atoms with Gasteiger partial charge in [-0.3, -0.25) is 9.59 Å². The molecule has 0 atom stereocenters. The third-order valence-corrected chi connectivity index (χ3v) is 4.96. The molecule has 0 radical (unpaired) electrons. The first-order valence-electron chi connectivity index (χ1n) is 9.20. The van der Waals surface area contributed by atoms with Crippen LogP contribution in [0.1, 0.15) is 26.2 Å². The van der Waals surface area contributed by atoms with Crippen molar-refractivity contribution in [3.05, 3.63) is 53.6 Å². The van der Waals surface area contributed by atoms with Crippen molar-refractivity contribution in [3.8, 4) is 0 Å². The molecule has 0 spiro atoms. The van der Waals surface area contributed by atoms with Crippen molar-refractivity contribution in [1.82, 2.24) is 0 Å². The summed E-state index contributed by atoms with van der Waals surface area (Å²) in [6, 6.07) is 14.6. The van der Waals surface area contributed by atoms with Gasteiger partial charge >= 0.3 is 0 Å². The van der Waals surface area contributed by atoms with Gasteiger partial charge in [0.05, 0.1) is 0 Å². The fourth-order valence-corrected chi connectivity index (χ4v) is 3.34. The molecule has 142 valence electrons. The maximum atomic E-state index is 12.1. The number of nitrogens with one attached hydrogen (secondary N) is 2. The van der Waals surface area contributed by atoms with E-state index in [1.54, 1.807) is 24.3 Å². The number of hydrogen-bond acceptors (Lipinski definition) is 3. The molecule has 1 aliphatic heterocycles. The lowest BCUT2D eigenvalue weighted by Gasteiger charge is -2.32. The molecule has 6 heteroatoms. The van der Waals surface area contributed by atoms with Gasteiger partial charge in [0, 0.05) is 35.2 Å². The van der Waals surface area contributed by atoms with Crippen LogP contribution in [0.4, 0.5) is 17.1 Å². The van der Waals surface area contributed by atoms with Crippen LogP contribution in [-0.4, -0.2) is 24.9 Å². The lowest BCUT2D eigenvalue weighted by Crippen LogP contribution is -2.32. The summed E-state index contributed by atoms with van der Waals surface area (Å²) >= 11 is 5.88. The fourth-order valence-electron chi connectivity index (χ4n) is 3.14. The Labute approximate surface area is 164 Å². The van der Waals surface area contributed by atoms with Gasteiger partial charge in [0.2, 0.25) is 11.8 Å². The van der Waals surface area contributed by atoms with E-state index in [2.05, 4.69) is 22.5 Å². The van der Waals surface area contributed by atoms with Crippen molar-refractivity contribution in [2.24, 2.45) is 5.92 Å². The van der Waals surface area contributed by atoms with Gasteiger partial charge in [-0.25, -0.2) is 0 Å². The van der Waals surface area contributed by atoms with Gasteiger partial charge in [-0.05, 0) is 61.2 Å². The maximum Gasteiger partial charge on any atom is 0.233 e. The highest BCUT2D eigenvalue weighted by Gasteiger charge is 2.16. The van der Waals surface area contributed by atoms with E-state index in [4.69, 9.17) is 11.6 Å². The molecular formula is C21H24ClN3O2. The molecule has 1 saturated heterocycles. The predicted molar refractivity (Wildman–Crippen MR) is 110 cm³/mol. The summed E-state index contributed by atoms with van der Waals surface area (Å²) in [5, 5.41) is 5.96. The highest BCUT2D eigenvalue weighted by Crippen LogP contribution is 2.24. The number of amides is 2. The maximum absolute atomic E-state index is 12.1. The van der Waals surface area contributed by atoms with E-state index in [1.807, 2.05) is 24.3 Å². The predicted octanol–water partition coefficient (Wildman–Crippen LogP) is 4.54. The molecule has 0 aliphatic carbocycles. The van der Waals surface area contributed by atoms with Crippen LogP contribution in [0.5, 0.6) is 0 Å². The van der Waals surface area contributed by atoms with Crippen molar-refractivity contribution in [2.45, 2.75) is 26.2 Å². The number of carbonyl (C=O) groups is 2. The average molecular weight is 386 g/mol. The first-order valence-corrected chi connectivity index (χ1v) is 9.57. The van der Waals surface area contributed by atoms with Gasteiger partial charge in [-0.15, -0.1) is 0 Å². The Morgan fingerprint density at radius 3 is 2.26 bits per heavy atom. The summed E-state index contributed by atoms with van der Waals surface area (Å²) in [6.45, 7) is 4.42. The molecule has 0 saturated carbocycles. The van der Waals surface area contributed by atoms with Crippen LogP contribution in [0.25, 0.3) is 0 Å². The molecular weight excluding hydrogens is 362 g/mol. The molecule has 1 fully saturated rings. The topological polar surface area (TPSA) is 61.4 Å². The monoisotopic (exact) mass is 385 g/mol. The zero-order valence-electron chi connectivity index (χ0n) is 15.4. The number of rotatable bonds is 5. The Hall–Kier alpha value is -2.53. The van der Waals surface area contributed by atoms with E-state index < -0.39 is 0 Å². The smallest absolute Gasteiger partial charge is 0.233 e. The summed E-state index contributed by atoms with van der Waals surface area (Å²) in [4.78, 5) is 26.4. The number of piperidine rings is 1. The Morgan fingerprint density at radius 2 is 1.63 bits per heavy atom. The molecule has 0 bridgehead atoms. The highest BCUT2D eigenvalue weighted by molar-refractivity contribution is 6.30. The zero-order chi connectivity index (χ0) is 19.2. The number of halogens is 1. The van der Waals surface area contributed by atoms with Crippen LogP contribution >= 0.6 is 11.6 Å². The van der Waals surface area contributed by atoms with Crippen molar-refractivity contribution in [3.63, 3.8) is 0 Å². The minimum Gasteiger partial charge on any atom is -0.372 e. The third-order valence-electron chi connectivity index (χ3n) is 4.73. The molecule has 0 aromatic heterocycles. The van der Waals surface area contributed by atoms with Crippen molar-refractivity contribution < 1.29 is 9.59 Å². The fraction of sp³-hybridized carbons (Fsp3) is 0.333. The Kier molecular flexibility index (Phi) is 6.35. The van der Waals surface area contributed by atoms with Crippen LogP contribution in [0.2, 0.25) is 5.02 Å². The van der Waals surface area contributed by atoms with E-state index in [1.165, 1.54) is 18.5 Å². The van der Waals surface area contributed by atoms with Crippen LogP contribution < -0.4 is 15.5 Å². The largest absolute Gasteiger partial charge is 0.372 e. The Morgan fingerprint density at radius 1 is 1.00 bits per heavy atom. The number of nitrogens with zero attached hydrogens (tertiary/aromatic N) is 1. The van der Waals surface area contributed by atoms with Crippen LogP contribution in [0.15, 0.2) is 48.5 Å². The average Bonchev–Trinajstić information content (AvgIpc) is 2.63. The summed E-state index contributed by atoms with van der Waals surface area (Å²) in [5.74, 6) is 0.0563. The van der Waals surface area contributed by atoms with Gasteiger partial charge in [0.1, 0.15) is 6.42 Å². The first kappa shape index (κ1) is 19.2. The van der Waals surface area contributed by atoms with Gasteiger partial charge in [-0.1, -0.05) is 24.6 Å². The molecule has 5 nitrogen and oxygen atoms in total. The summed E-state index contributed by atoms with van der Waals surface area (Å²) < 4.78 is 0. The van der Waals surface area contributed by atoms with Crippen molar-refractivity contribution in [2.75, 3.05) is 28.6 Å². The quantitative estimate of drug-likeness (QED) is 0.742. The standard InChI is InChI=1S/C21H24ClN3O2/c1-15-9-11-25(12-10-15)19-7-5-17(6-8-19)23-20(26)14-21(27)24-18-4-2-3-16(22)13-18/h2-8,13,15H,9-12,14H2,1H3,(H,23,26)(H,24,27). The van der Waals surface area contributed by atoms with Crippen LogP contribution in [-0.2, 0) is 9.59 Å². The SMILES string of the molecule is CC1CCN(c2ccc(NC(=O)CC(=O)Nc3cccc(Cl)c3)cc2)CC1. The Bertz CT molecular complexity index is 799. The van der Waals surface area contributed by atoms with E-state index in [-0.39, 0.29) is 18.2 Å². The summed E-state index contributed by atoms with van der Waals surface area (Å²) in [7, 11) is 0. The summed E-state index contributed by atoms with van der Waals surface area (Å²) in [6.07, 6.45) is 2.17. The molecule has 2 N–H and O–H groups in total. The van der Waals surface area contributed by atoms with Gasteiger partial charge in [-0.2, -0.15) is 0 Å². The van der Waals surface area contributed by atoms with E-state index in [0.29, 0.717) is 16.4 Å². The third kappa shape index (κ3) is 5.73. The molecule has 2 aromatic carbocycles. The second kappa shape index (κ2) is 8.91. The first-order chi connectivity index (χ1) is 13.0. The minimum absolute atomic E-state index is 0.252. The number of benzene rings is 2. The van der Waals surface area contributed by atoms with Crippen LogP contribution in [0, 0.1) is 5.92 Å². The van der Waals surface area contributed by atoms with Gasteiger partial charge in [0.25, 0.3) is 0 Å². The normalized spacial score (nSPS) is 14.7. The van der Waals surface area contributed by atoms with E-state index in [9.17, 15) is 9.59 Å². The zero-order valence-corrected chi connectivity index (χ0v) is 16.1. The number of carbonyl (C=O) groups excluding carboxylic acids is 2. The molecule has 3 rings (SSSR count). The van der Waals surface area contributed by atoms with Gasteiger partial charge in [0.15, 0.2) is 0 Å². The van der Waals surface area contributed by atoms with Crippen molar-refractivity contribution >= 4 is 40.5 Å². The molecule has 27 heavy (non-hydrogen) atoms. The molecule has 2 amide bonds. The highest BCUT2D eigenvalue weighted by atomic mass is 35.5. The second-order valence-electron chi connectivity index (χ2n) is 7.00. The lowest BCUT2D eigenvalue weighted by atomic mass is 9.99. The van der Waals surface area contributed by atoms with Crippen LogP contribution in [0.3, 0.4) is 0 Å². The van der Waals surface area contributed by atoms with E-state index in [0.717, 1.165) is 19.0 Å². The molecule has 1 aliphatic rings. The number of hydrogen-bond donors (Lipinski definition) is 2. The Balaban J connectivity index is 1.49. The molecule has 1 heterocycles. The van der Waals surface area contributed by atoms with Gasteiger partial charge < -0.3 is 15.5 Å².